The van der Waals surface area contributed by atoms with Crippen molar-refractivity contribution in [2.45, 2.75) is 32.0 Å². The van der Waals surface area contributed by atoms with Gasteiger partial charge in [-0.25, -0.2) is 4.98 Å². The Balaban J connectivity index is 1.23. The van der Waals surface area contributed by atoms with Crippen LogP contribution in [0.5, 0.6) is 0 Å². The third-order valence-electron chi connectivity index (χ3n) is 6.20. The first kappa shape index (κ1) is 21.6. The van der Waals surface area contributed by atoms with Gasteiger partial charge in [0.2, 0.25) is 0 Å². The van der Waals surface area contributed by atoms with Crippen LogP contribution < -0.4 is 10.2 Å². The first-order valence-electron chi connectivity index (χ1n) is 11.3. The Morgan fingerprint density at radius 2 is 1.71 bits per heavy atom. The summed E-state index contributed by atoms with van der Waals surface area (Å²) < 4.78 is 0. The number of aromatic nitrogens is 1. The monoisotopic (exact) mass is 422 g/mol. The van der Waals surface area contributed by atoms with Crippen LogP contribution in [-0.2, 0) is 13.1 Å². The number of guanidine groups is 1. The zero-order chi connectivity index (χ0) is 21.5. The number of anilines is 1. The topological polar surface area (TPSA) is 67.2 Å². The van der Waals surface area contributed by atoms with Gasteiger partial charge in [0.15, 0.2) is 5.96 Å². The van der Waals surface area contributed by atoms with Gasteiger partial charge >= 0.3 is 0 Å². The standard InChI is InChI=1S/C24H34N6O/c1-25-24(30-16-14-29(15-17-30)23-4-2-3-11-26-23)27-18-20-5-7-21(8-6-20)19-28-12-9-22(31)10-13-28/h2-8,11,22,31H,9-10,12-19H2,1H3,(H,25,27). The molecule has 3 heterocycles. The fourth-order valence-electron chi connectivity index (χ4n) is 4.30. The van der Waals surface area contributed by atoms with Gasteiger partial charge in [-0.3, -0.25) is 9.89 Å². The fraction of sp³-hybridized carbons (Fsp3) is 0.500. The van der Waals surface area contributed by atoms with E-state index in [0.29, 0.717) is 0 Å². The molecule has 2 aliphatic heterocycles. The van der Waals surface area contributed by atoms with Crippen LogP contribution in [0.15, 0.2) is 53.7 Å². The summed E-state index contributed by atoms with van der Waals surface area (Å²) in [5.41, 5.74) is 2.58. The van der Waals surface area contributed by atoms with E-state index in [2.05, 4.69) is 60.3 Å². The number of aliphatic hydroxyl groups excluding tert-OH is 1. The Morgan fingerprint density at radius 1 is 1.00 bits per heavy atom. The molecule has 2 N–H and O–H groups in total. The van der Waals surface area contributed by atoms with E-state index in [0.717, 1.165) is 77.0 Å². The number of rotatable bonds is 5. The average molecular weight is 423 g/mol. The van der Waals surface area contributed by atoms with Gasteiger partial charge in [-0.05, 0) is 36.1 Å². The highest BCUT2D eigenvalue weighted by Crippen LogP contribution is 2.15. The van der Waals surface area contributed by atoms with Crippen molar-refractivity contribution in [2.75, 3.05) is 51.2 Å². The Labute approximate surface area is 185 Å². The van der Waals surface area contributed by atoms with E-state index in [9.17, 15) is 5.11 Å². The molecule has 2 saturated heterocycles. The van der Waals surface area contributed by atoms with Crippen molar-refractivity contribution in [3.8, 4) is 0 Å². The minimum atomic E-state index is -0.114. The van der Waals surface area contributed by atoms with Crippen LogP contribution in [0.4, 0.5) is 5.82 Å². The fourth-order valence-corrected chi connectivity index (χ4v) is 4.30. The number of piperidine rings is 1. The van der Waals surface area contributed by atoms with E-state index in [1.54, 1.807) is 0 Å². The Hall–Kier alpha value is -2.64. The molecule has 0 atom stereocenters. The van der Waals surface area contributed by atoms with Gasteiger partial charge in [-0.1, -0.05) is 30.3 Å². The number of aliphatic imine (C=N–C) groups is 1. The van der Waals surface area contributed by atoms with Gasteiger partial charge in [-0.2, -0.15) is 0 Å². The predicted molar refractivity (Wildman–Crippen MR) is 125 cm³/mol. The summed E-state index contributed by atoms with van der Waals surface area (Å²) in [6.07, 6.45) is 3.51. The van der Waals surface area contributed by atoms with Crippen LogP contribution in [-0.4, -0.2) is 78.3 Å². The van der Waals surface area contributed by atoms with Gasteiger partial charge in [-0.15, -0.1) is 0 Å². The molecule has 4 rings (SSSR count). The Kier molecular flexibility index (Phi) is 7.38. The van der Waals surface area contributed by atoms with E-state index in [-0.39, 0.29) is 6.10 Å². The molecular weight excluding hydrogens is 388 g/mol. The lowest BCUT2D eigenvalue weighted by molar-refractivity contribution is 0.0792. The number of aliphatic hydroxyl groups is 1. The number of nitrogens with zero attached hydrogens (tertiary/aromatic N) is 5. The third kappa shape index (κ3) is 5.95. The van der Waals surface area contributed by atoms with Crippen molar-refractivity contribution in [1.29, 1.82) is 0 Å². The predicted octanol–water partition coefficient (Wildman–Crippen LogP) is 1.94. The second-order valence-corrected chi connectivity index (χ2v) is 8.39. The highest BCUT2D eigenvalue weighted by atomic mass is 16.3. The lowest BCUT2D eigenvalue weighted by Crippen LogP contribution is -2.52. The van der Waals surface area contributed by atoms with Crippen LogP contribution in [0.3, 0.4) is 0 Å². The normalized spacial score (nSPS) is 19.0. The van der Waals surface area contributed by atoms with Crippen LogP contribution in [0.25, 0.3) is 0 Å². The Morgan fingerprint density at radius 3 is 2.35 bits per heavy atom. The van der Waals surface area contributed by atoms with E-state index >= 15 is 0 Å². The lowest BCUT2D eigenvalue weighted by atomic mass is 10.1. The van der Waals surface area contributed by atoms with E-state index in [4.69, 9.17) is 0 Å². The number of nitrogens with one attached hydrogen (secondary N) is 1. The second-order valence-electron chi connectivity index (χ2n) is 8.39. The molecule has 1 aromatic heterocycles. The maximum atomic E-state index is 9.66. The number of hydrogen-bond acceptors (Lipinski definition) is 5. The van der Waals surface area contributed by atoms with Crippen LogP contribution in [0, 0.1) is 0 Å². The zero-order valence-corrected chi connectivity index (χ0v) is 18.5. The number of hydrogen-bond donors (Lipinski definition) is 2. The minimum Gasteiger partial charge on any atom is -0.393 e. The van der Waals surface area contributed by atoms with Gasteiger partial charge in [0, 0.05) is 65.6 Å². The molecule has 2 aromatic rings. The minimum absolute atomic E-state index is 0.114. The molecule has 0 radical (unpaired) electrons. The third-order valence-corrected chi connectivity index (χ3v) is 6.20. The lowest BCUT2D eigenvalue weighted by Gasteiger charge is -2.37. The summed E-state index contributed by atoms with van der Waals surface area (Å²) in [6, 6.07) is 14.9. The van der Waals surface area contributed by atoms with Crippen molar-refractivity contribution < 1.29 is 5.11 Å². The SMILES string of the molecule is CN=C(NCc1ccc(CN2CCC(O)CC2)cc1)N1CCN(c2ccccn2)CC1. The molecule has 0 amide bonds. The average Bonchev–Trinajstić information content (AvgIpc) is 2.83. The number of pyridine rings is 1. The quantitative estimate of drug-likeness (QED) is 0.567. The van der Waals surface area contributed by atoms with Gasteiger partial charge in [0.05, 0.1) is 6.10 Å². The molecule has 0 spiro atoms. The summed E-state index contributed by atoms with van der Waals surface area (Å²) in [6.45, 7) is 7.44. The summed E-state index contributed by atoms with van der Waals surface area (Å²) >= 11 is 0. The molecule has 0 bridgehead atoms. The highest BCUT2D eigenvalue weighted by Gasteiger charge is 2.20. The molecule has 0 aliphatic carbocycles. The summed E-state index contributed by atoms with van der Waals surface area (Å²) in [5, 5.41) is 13.2. The molecule has 2 aliphatic rings. The number of benzene rings is 1. The maximum Gasteiger partial charge on any atom is 0.194 e. The van der Waals surface area contributed by atoms with Crippen molar-refractivity contribution in [3.05, 3.63) is 59.8 Å². The van der Waals surface area contributed by atoms with Gasteiger partial charge in [0.1, 0.15) is 5.82 Å². The maximum absolute atomic E-state index is 9.66. The molecule has 7 heteroatoms. The first-order chi connectivity index (χ1) is 15.2. The molecule has 0 unspecified atom stereocenters. The Bertz CT molecular complexity index is 825. The summed E-state index contributed by atoms with van der Waals surface area (Å²) in [4.78, 5) is 16.0. The van der Waals surface area contributed by atoms with Crippen LogP contribution in [0.1, 0.15) is 24.0 Å². The van der Waals surface area contributed by atoms with Crippen molar-refractivity contribution >= 4 is 11.8 Å². The summed E-state index contributed by atoms with van der Waals surface area (Å²) in [7, 11) is 1.85. The molecule has 7 nitrogen and oxygen atoms in total. The number of piperazine rings is 1. The van der Waals surface area contributed by atoms with Gasteiger partial charge in [0.25, 0.3) is 0 Å². The van der Waals surface area contributed by atoms with Crippen molar-refractivity contribution in [3.63, 3.8) is 0 Å². The van der Waals surface area contributed by atoms with E-state index < -0.39 is 0 Å². The molecule has 0 saturated carbocycles. The largest absolute Gasteiger partial charge is 0.393 e. The van der Waals surface area contributed by atoms with Crippen LogP contribution in [0.2, 0.25) is 0 Å². The smallest absolute Gasteiger partial charge is 0.194 e. The second kappa shape index (κ2) is 10.6. The van der Waals surface area contributed by atoms with Crippen LogP contribution >= 0.6 is 0 Å². The molecule has 1 aromatic carbocycles. The zero-order valence-electron chi connectivity index (χ0n) is 18.5. The molecule has 2 fully saturated rings. The molecule has 166 valence electrons. The molecule has 31 heavy (non-hydrogen) atoms. The van der Waals surface area contributed by atoms with E-state index in [1.165, 1.54) is 11.1 Å². The molecular formula is C24H34N6O. The van der Waals surface area contributed by atoms with E-state index in [1.807, 2.05) is 25.4 Å². The number of likely N-dealkylation sites (tertiary alicyclic amines) is 1. The summed E-state index contributed by atoms with van der Waals surface area (Å²) in [5.74, 6) is 2.00. The van der Waals surface area contributed by atoms with Gasteiger partial charge < -0.3 is 20.2 Å². The van der Waals surface area contributed by atoms with Crippen molar-refractivity contribution in [1.82, 2.24) is 20.1 Å². The first-order valence-corrected chi connectivity index (χ1v) is 11.3. The highest BCUT2D eigenvalue weighted by molar-refractivity contribution is 5.80. The van der Waals surface area contributed by atoms with Crippen molar-refractivity contribution in [2.24, 2.45) is 4.99 Å².